The molecule has 2 aromatic carbocycles. The van der Waals surface area contributed by atoms with Gasteiger partial charge in [0.2, 0.25) is 12.7 Å². The zero-order valence-electron chi connectivity index (χ0n) is 18.3. The van der Waals surface area contributed by atoms with Gasteiger partial charge in [0, 0.05) is 37.4 Å². The molecule has 0 saturated carbocycles. The Kier molecular flexibility index (Phi) is 5.76. The van der Waals surface area contributed by atoms with E-state index in [2.05, 4.69) is 5.32 Å². The SMILES string of the molecule is CC(C)(C)CC(=O)Nc1ccc(N2CCCN(Cc3ccc4c(c3)OCO4)C2=O)cc1. The third-order valence-corrected chi connectivity index (χ3v) is 5.28. The molecule has 4 rings (SSSR count). The smallest absolute Gasteiger partial charge is 0.324 e. The van der Waals surface area contributed by atoms with Crippen molar-refractivity contribution in [1.82, 2.24) is 4.90 Å². The quantitative estimate of drug-likeness (QED) is 0.762. The molecule has 0 unspecified atom stereocenters. The monoisotopic (exact) mass is 423 g/mol. The number of nitrogens with one attached hydrogen (secondary N) is 1. The molecule has 0 aliphatic carbocycles. The number of urea groups is 1. The van der Waals surface area contributed by atoms with E-state index >= 15 is 0 Å². The van der Waals surface area contributed by atoms with Gasteiger partial charge >= 0.3 is 6.03 Å². The van der Waals surface area contributed by atoms with Crippen LogP contribution in [0.2, 0.25) is 0 Å². The van der Waals surface area contributed by atoms with Gasteiger partial charge in [-0.1, -0.05) is 26.8 Å². The number of hydrogen-bond donors (Lipinski definition) is 1. The normalized spacial score (nSPS) is 15.9. The molecule has 31 heavy (non-hydrogen) atoms. The predicted octanol–water partition coefficient (Wildman–Crippen LogP) is 4.62. The Morgan fingerprint density at radius 2 is 1.77 bits per heavy atom. The second-order valence-corrected chi connectivity index (χ2v) is 9.23. The highest BCUT2D eigenvalue weighted by Gasteiger charge is 2.27. The number of amides is 3. The van der Waals surface area contributed by atoms with Gasteiger partial charge in [0.15, 0.2) is 11.5 Å². The van der Waals surface area contributed by atoms with Gasteiger partial charge in [-0.25, -0.2) is 4.79 Å². The molecule has 7 nitrogen and oxygen atoms in total. The van der Waals surface area contributed by atoms with E-state index in [0.717, 1.165) is 34.9 Å². The summed E-state index contributed by atoms with van der Waals surface area (Å²) >= 11 is 0. The average molecular weight is 424 g/mol. The second kappa shape index (κ2) is 8.49. The molecule has 0 radical (unpaired) electrons. The van der Waals surface area contributed by atoms with Crippen molar-refractivity contribution in [2.45, 2.75) is 40.2 Å². The van der Waals surface area contributed by atoms with Crippen molar-refractivity contribution in [2.24, 2.45) is 5.41 Å². The molecular formula is C24H29N3O4. The van der Waals surface area contributed by atoms with E-state index in [4.69, 9.17) is 9.47 Å². The minimum atomic E-state index is -0.0638. The number of ether oxygens (including phenoxy) is 2. The number of carbonyl (C=O) groups is 2. The van der Waals surface area contributed by atoms with Gasteiger partial charge in [0.25, 0.3) is 0 Å². The van der Waals surface area contributed by atoms with E-state index in [-0.39, 0.29) is 24.1 Å². The minimum absolute atomic E-state index is 0.01000. The van der Waals surface area contributed by atoms with Crippen LogP contribution in [0.4, 0.5) is 16.2 Å². The van der Waals surface area contributed by atoms with Crippen molar-refractivity contribution >= 4 is 23.3 Å². The summed E-state index contributed by atoms with van der Waals surface area (Å²) in [5, 5.41) is 2.93. The van der Waals surface area contributed by atoms with E-state index in [1.165, 1.54) is 0 Å². The van der Waals surface area contributed by atoms with Crippen molar-refractivity contribution in [1.29, 1.82) is 0 Å². The fourth-order valence-electron chi connectivity index (χ4n) is 3.84. The van der Waals surface area contributed by atoms with Gasteiger partial charge in [0.1, 0.15) is 0 Å². The molecule has 0 aromatic heterocycles. The van der Waals surface area contributed by atoms with E-state index in [0.29, 0.717) is 26.1 Å². The number of anilines is 2. The van der Waals surface area contributed by atoms with Gasteiger partial charge < -0.3 is 19.7 Å². The third kappa shape index (κ3) is 5.10. The Labute approximate surface area is 182 Å². The average Bonchev–Trinajstić information content (AvgIpc) is 3.17. The van der Waals surface area contributed by atoms with Crippen LogP contribution >= 0.6 is 0 Å². The third-order valence-electron chi connectivity index (χ3n) is 5.28. The van der Waals surface area contributed by atoms with Crippen molar-refractivity contribution in [3.8, 4) is 11.5 Å². The lowest BCUT2D eigenvalue weighted by atomic mass is 9.92. The highest BCUT2D eigenvalue weighted by Crippen LogP contribution is 2.33. The molecule has 1 N–H and O–H groups in total. The van der Waals surface area contributed by atoms with Crippen LogP contribution in [0.5, 0.6) is 11.5 Å². The van der Waals surface area contributed by atoms with Crippen molar-refractivity contribution in [2.75, 3.05) is 30.1 Å². The number of carbonyl (C=O) groups excluding carboxylic acids is 2. The fourth-order valence-corrected chi connectivity index (χ4v) is 3.84. The lowest BCUT2D eigenvalue weighted by Crippen LogP contribution is -2.49. The van der Waals surface area contributed by atoms with E-state index in [1.807, 2.05) is 68.1 Å². The molecule has 2 aromatic rings. The number of nitrogens with zero attached hydrogens (tertiary/aromatic N) is 2. The molecule has 164 valence electrons. The molecule has 3 amide bonds. The zero-order chi connectivity index (χ0) is 22.0. The van der Waals surface area contributed by atoms with Crippen molar-refractivity contribution in [3.63, 3.8) is 0 Å². The molecule has 0 atom stereocenters. The summed E-state index contributed by atoms with van der Waals surface area (Å²) in [6, 6.07) is 13.2. The first-order valence-electron chi connectivity index (χ1n) is 10.6. The lowest BCUT2D eigenvalue weighted by molar-refractivity contribution is -0.117. The van der Waals surface area contributed by atoms with Crippen LogP contribution in [0.3, 0.4) is 0 Å². The second-order valence-electron chi connectivity index (χ2n) is 9.23. The maximum absolute atomic E-state index is 13.1. The summed E-state index contributed by atoms with van der Waals surface area (Å²) in [6.07, 6.45) is 1.34. The first-order valence-corrected chi connectivity index (χ1v) is 10.6. The van der Waals surface area contributed by atoms with Crippen molar-refractivity contribution < 1.29 is 19.1 Å². The molecular weight excluding hydrogens is 394 g/mol. The van der Waals surface area contributed by atoms with E-state index in [9.17, 15) is 9.59 Å². The maximum atomic E-state index is 13.1. The summed E-state index contributed by atoms with van der Waals surface area (Å²) in [5.74, 6) is 1.46. The lowest BCUT2D eigenvalue weighted by Gasteiger charge is -2.35. The molecule has 2 aliphatic rings. The Morgan fingerprint density at radius 1 is 1.03 bits per heavy atom. The minimum Gasteiger partial charge on any atom is -0.454 e. The van der Waals surface area contributed by atoms with Crippen LogP contribution in [0.15, 0.2) is 42.5 Å². The highest BCUT2D eigenvalue weighted by molar-refractivity contribution is 5.94. The number of hydrogen-bond acceptors (Lipinski definition) is 4. The Bertz CT molecular complexity index is 966. The number of benzene rings is 2. The summed E-state index contributed by atoms with van der Waals surface area (Å²) < 4.78 is 10.8. The zero-order valence-corrected chi connectivity index (χ0v) is 18.3. The van der Waals surface area contributed by atoms with Gasteiger partial charge in [-0.2, -0.15) is 0 Å². The van der Waals surface area contributed by atoms with Gasteiger partial charge in [-0.15, -0.1) is 0 Å². The first-order chi connectivity index (χ1) is 14.8. The fraction of sp³-hybridized carbons (Fsp3) is 0.417. The van der Waals surface area contributed by atoms with Crippen LogP contribution in [-0.4, -0.2) is 36.7 Å². The van der Waals surface area contributed by atoms with E-state index < -0.39 is 0 Å². The summed E-state index contributed by atoms with van der Waals surface area (Å²) in [5.41, 5.74) is 2.51. The number of fused-ring (bicyclic) bond motifs is 1. The molecule has 7 heteroatoms. The molecule has 0 bridgehead atoms. The summed E-state index contributed by atoms with van der Waals surface area (Å²) in [7, 11) is 0. The van der Waals surface area contributed by atoms with Crippen LogP contribution in [0.1, 0.15) is 39.2 Å². The van der Waals surface area contributed by atoms with Crippen LogP contribution in [0.25, 0.3) is 0 Å². The number of rotatable bonds is 5. The maximum Gasteiger partial charge on any atom is 0.324 e. The summed E-state index contributed by atoms with van der Waals surface area (Å²) in [6.45, 7) is 8.25. The molecule has 2 aliphatic heterocycles. The predicted molar refractivity (Wildman–Crippen MR) is 119 cm³/mol. The van der Waals surface area contributed by atoms with E-state index in [1.54, 1.807) is 4.90 Å². The molecule has 1 fully saturated rings. The Hall–Kier alpha value is -3.22. The Morgan fingerprint density at radius 3 is 2.52 bits per heavy atom. The van der Waals surface area contributed by atoms with Gasteiger partial charge in [-0.3, -0.25) is 9.69 Å². The largest absolute Gasteiger partial charge is 0.454 e. The van der Waals surface area contributed by atoms with Crippen molar-refractivity contribution in [3.05, 3.63) is 48.0 Å². The highest BCUT2D eigenvalue weighted by atomic mass is 16.7. The molecule has 0 spiro atoms. The van der Waals surface area contributed by atoms with Crippen LogP contribution in [0, 0.1) is 5.41 Å². The topological polar surface area (TPSA) is 71.1 Å². The van der Waals surface area contributed by atoms with Gasteiger partial charge in [-0.05, 0) is 53.8 Å². The Balaban J connectivity index is 1.40. The van der Waals surface area contributed by atoms with Gasteiger partial charge in [0.05, 0.1) is 0 Å². The van der Waals surface area contributed by atoms with Crippen LogP contribution in [-0.2, 0) is 11.3 Å². The van der Waals surface area contributed by atoms with Crippen LogP contribution < -0.4 is 19.7 Å². The molecule has 1 saturated heterocycles. The molecule has 2 heterocycles. The standard InChI is InChI=1S/C24H29N3O4/c1-24(2,3)14-22(28)25-18-6-8-19(9-7-18)27-12-4-11-26(23(27)29)15-17-5-10-20-21(13-17)31-16-30-20/h5-10,13H,4,11-12,14-16H2,1-3H3,(H,25,28). The summed E-state index contributed by atoms with van der Waals surface area (Å²) in [4.78, 5) is 28.9. The first kappa shape index (κ1) is 21.0.